The molecule has 4 aromatic rings. The monoisotopic (exact) mass is 379 g/mol. The van der Waals surface area contributed by atoms with Gasteiger partial charge in [0.05, 0.1) is 11.4 Å². The van der Waals surface area contributed by atoms with Crippen LogP contribution in [0.25, 0.3) is 22.2 Å². The van der Waals surface area contributed by atoms with Gasteiger partial charge in [-0.2, -0.15) is 0 Å². The van der Waals surface area contributed by atoms with Crippen molar-refractivity contribution in [3.8, 4) is 11.3 Å². The molecule has 4 rings (SSSR count). The van der Waals surface area contributed by atoms with Gasteiger partial charge in [-0.1, -0.05) is 36.4 Å². The molecule has 0 saturated heterocycles. The summed E-state index contributed by atoms with van der Waals surface area (Å²) in [5.74, 6) is 0.320. The Labute approximate surface area is 159 Å². The quantitative estimate of drug-likeness (QED) is 0.461. The van der Waals surface area contributed by atoms with E-state index in [0.29, 0.717) is 10.9 Å². The average Bonchev–Trinajstić information content (AvgIpc) is 3.23. The fourth-order valence-corrected chi connectivity index (χ4v) is 4.31. The Morgan fingerprint density at radius 2 is 1.92 bits per heavy atom. The summed E-state index contributed by atoms with van der Waals surface area (Å²) in [6.07, 6.45) is 0. The highest BCUT2D eigenvalue weighted by Crippen LogP contribution is 2.33. The number of amides is 1. The van der Waals surface area contributed by atoms with Crippen LogP contribution in [0.3, 0.4) is 0 Å². The third kappa shape index (κ3) is 3.52. The summed E-state index contributed by atoms with van der Waals surface area (Å²) in [5, 5.41) is 6.66. The number of carbonyl (C=O) groups is 1. The number of thioether (sulfide) groups is 1. The van der Waals surface area contributed by atoms with Crippen molar-refractivity contribution in [2.75, 3.05) is 11.1 Å². The molecule has 0 unspecified atom stereocenters. The molecule has 1 amide bonds. The van der Waals surface area contributed by atoms with Gasteiger partial charge in [-0.15, -0.1) is 23.1 Å². The van der Waals surface area contributed by atoms with Gasteiger partial charge in [0.15, 0.2) is 5.13 Å². The van der Waals surface area contributed by atoms with E-state index in [-0.39, 0.29) is 5.91 Å². The number of carbonyl (C=O) groups excluding carboxylic acids is 1. The summed E-state index contributed by atoms with van der Waals surface area (Å²) in [6, 6.07) is 18.1. The van der Waals surface area contributed by atoms with E-state index in [1.165, 1.54) is 23.1 Å². The lowest BCUT2D eigenvalue weighted by Crippen LogP contribution is -2.13. The third-order valence-electron chi connectivity index (χ3n) is 4.01. The highest BCUT2D eigenvalue weighted by Gasteiger charge is 2.14. The van der Waals surface area contributed by atoms with Crippen molar-refractivity contribution >= 4 is 45.0 Å². The number of fused-ring (bicyclic) bond motifs is 1. The number of thiazole rings is 1. The van der Waals surface area contributed by atoms with Gasteiger partial charge in [-0.3, -0.25) is 4.79 Å². The lowest BCUT2D eigenvalue weighted by Gasteiger charge is -2.02. The Kier molecular flexibility index (Phi) is 4.77. The summed E-state index contributed by atoms with van der Waals surface area (Å²) >= 11 is 2.97. The van der Waals surface area contributed by atoms with Crippen molar-refractivity contribution in [1.29, 1.82) is 0 Å². The van der Waals surface area contributed by atoms with Gasteiger partial charge in [-0.25, -0.2) is 4.98 Å². The zero-order valence-electron chi connectivity index (χ0n) is 14.2. The highest BCUT2D eigenvalue weighted by atomic mass is 32.2. The molecule has 0 bridgehead atoms. The van der Waals surface area contributed by atoms with Crippen LogP contribution < -0.4 is 5.32 Å². The molecule has 2 heterocycles. The minimum absolute atomic E-state index is 0.0459. The fraction of sp³-hybridized carbons (Fsp3) is 0.100. The van der Waals surface area contributed by atoms with E-state index in [9.17, 15) is 4.79 Å². The molecule has 130 valence electrons. The average molecular weight is 380 g/mol. The maximum atomic E-state index is 12.2. The molecule has 0 spiro atoms. The number of hydrogen-bond acceptors (Lipinski definition) is 4. The van der Waals surface area contributed by atoms with Gasteiger partial charge in [-0.05, 0) is 25.1 Å². The summed E-state index contributed by atoms with van der Waals surface area (Å²) in [6.45, 7) is 2.05. The predicted molar refractivity (Wildman–Crippen MR) is 110 cm³/mol. The van der Waals surface area contributed by atoms with E-state index in [1.807, 2.05) is 54.8 Å². The number of aromatic nitrogens is 2. The number of nitrogens with zero attached hydrogens (tertiary/aromatic N) is 1. The van der Waals surface area contributed by atoms with Crippen LogP contribution in [-0.2, 0) is 4.79 Å². The zero-order chi connectivity index (χ0) is 17.9. The topological polar surface area (TPSA) is 57.8 Å². The van der Waals surface area contributed by atoms with Crippen LogP contribution in [0.2, 0.25) is 0 Å². The van der Waals surface area contributed by atoms with Crippen molar-refractivity contribution in [3.05, 3.63) is 65.7 Å². The largest absolute Gasteiger partial charge is 0.358 e. The number of hydrogen-bond donors (Lipinski definition) is 2. The van der Waals surface area contributed by atoms with Crippen LogP contribution in [0.1, 0.15) is 5.69 Å². The summed E-state index contributed by atoms with van der Waals surface area (Å²) in [7, 11) is 0. The first-order chi connectivity index (χ1) is 12.7. The molecule has 4 nitrogen and oxygen atoms in total. The minimum atomic E-state index is -0.0459. The second-order valence-corrected chi connectivity index (χ2v) is 7.77. The fourth-order valence-electron chi connectivity index (χ4n) is 2.87. The molecule has 2 aromatic carbocycles. The molecule has 2 N–H and O–H groups in total. The minimum Gasteiger partial charge on any atom is -0.358 e. The van der Waals surface area contributed by atoms with Crippen molar-refractivity contribution in [2.24, 2.45) is 0 Å². The number of para-hydroxylation sites is 1. The number of H-pyrrole nitrogens is 1. The molecule has 0 radical (unpaired) electrons. The summed E-state index contributed by atoms with van der Waals surface area (Å²) < 4.78 is 0. The number of aryl methyl sites for hydroxylation is 1. The SMILES string of the molecule is Cc1[nH]c2ccccc2c1-c1csc(NC(=O)CSc2ccccc2)n1. The maximum Gasteiger partial charge on any atom is 0.236 e. The van der Waals surface area contributed by atoms with Crippen LogP contribution in [0.15, 0.2) is 64.9 Å². The number of nitrogens with one attached hydrogen (secondary N) is 2. The standard InChI is InChI=1S/C20H17N3OS2/c1-13-19(15-9-5-6-10-16(15)21-13)17-11-26-20(22-17)23-18(24)12-25-14-7-3-2-4-8-14/h2-11,21H,12H2,1H3,(H,22,23,24). The molecule has 0 aliphatic heterocycles. The van der Waals surface area contributed by atoms with Crippen LogP contribution in [0.5, 0.6) is 0 Å². The number of rotatable bonds is 5. The lowest BCUT2D eigenvalue weighted by molar-refractivity contribution is -0.113. The lowest BCUT2D eigenvalue weighted by atomic mass is 10.1. The Morgan fingerprint density at radius 3 is 2.77 bits per heavy atom. The third-order valence-corrected chi connectivity index (χ3v) is 5.78. The van der Waals surface area contributed by atoms with E-state index >= 15 is 0 Å². The van der Waals surface area contributed by atoms with Crippen LogP contribution in [-0.4, -0.2) is 21.6 Å². The van der Waals surface area contributed by atoms with Crippen LogP contribution >= 0.6 is 23.1 Å². The van der Waals surface area contributed by atoms with E-state index < -0.39 is 0 Å². The number of benzene rings is 2. The molecule has 0 fully saturated rings. The first-order valence-corrected chi connectivity index (χ1v) is 10.1. The van der Waals surface area contributed by atoms with Crippen molar-refractivity contribution < 1.29 is 4.79 Å². The molecule has 0 saturated carbocycles. The van der Waals surface area contributed by atoms with Gasteiger partial charge in [0.25, 0.3) is 0 Å². The van der Waals surface area contributed by atoms with Gasteiger partial charge in [0, 0.05) is 32.4 Å². The molecule has 6 heteroatoms. The predicted octanol–water partition coefficient (Wildman–Crippen LogP) is 5.33. The first-order valence-electron chi connectivity index (χ1n) is 8.21. The van der Waals surface area contributed by atoms with E-state index in [0.717, 1.165) is 32.7 Å². The summed E-state index contributed by atoms with van der Waals surface area (Å²) in [5.41, 5.74) is 4.15. The van der Waals surface area contributed by atoms with Crippen molar-refractivity contribution in [1.82, 2.24) is 9.97 Å². The molecular formula is C20H17N3OS2. The second-order valence-electron chi connectivity index (χ2n) is 5.86. The van der Waals surface area contributed by atoms with Crippen LogP contribution in [0, 0.1) is 6.92 Å². The highest BCUT2D eigenvalue weighted by molar-refractivity contribution is 8.00. The molecule has 0 aliphatic rings. The van der Waals surface area contributed by atoms with Gasteiger partial charge < -0.3 is 10.3 Å². The smallest absolute Gasteiger partial charge is 0.236 e. The maximum absolute atomic E-state index is 12.2. The first kappa shape index (κ1) is 16.9. The van der Waals surface area contributed by atoms with Gasteiger partial charge >= 0.3 is 0 Å². The van der Waals surface area contributed by atoms with Crippen molar-refractivity contribution in [2.45, 2.75) is 11.8 Å². The Balaban J connectivity index is 1.47. The molecule has 0 atom stereocenters. The molecular weight excluding hydrogens is 362 g/mol. The Bertz CT molecular complexity index is 1050. The number of anilines is 1. The van der Waals surface area contributed by atoms with E-state index in [1.54, 1.807) is 0 Å². The van der Waals surface area contributed by atoms with Gasteiger partial charge in [0.1, 0.15) is 0 Å². The molecule has 26 heavy (non-hydrogen) atoms. The molecule has 2 aromatic heterocycles. The van der Waals surface area contributed by atoms with E-state index in [4.69, 9.17) is 0 Å². The van der Waals surface area contributed by atoms with E-state index in [2.05, 4.69) is 27.4 Å². The summed E-state index contributed by atoms with van der Waals surface area (Å²) in [4.78, 5) is 21.3. The normalized spacial score (nSPS) is 11.0. The Morgan fingerprint density at radius 1 is 1.15 bits per heavy atom. The van der Waals surface area contributed by atoms with Crippen LogP contribution in [0.4, 0.5) is 5.13 Å². The van der Waals surface area contributed by atoms with Crippen molar-refractivity contribution in [3.63, 3.8) is 0 Å². The number of aromatic amines is 1. The zero-order valence-corrected chi connectivity index (χ0v) is 15.8. The molecule has 0 aliphatic carbocycles. The second kappa shape index (κ2) is 7.35. The van der Waals surface area contributed by atoms with Gasteiger partial charge in [0.2, 0.25) is 5.91 Å². The Hall–Kier alpha value is -2.57.